The third kappa shape index (κ3) is 4.26. The lowest BCUT2D eigenvalue weighted by Gasteiger charge is -2.42. The molecule has 1 fully saturated rings. The Kier molecular flexibility index (Phi) is 5.72. The van der Waals surface area contributed by atoms with Crippen molar-refractivity contribution >= 4 is 45.3 Å². The van der Waals surface area contributed by atoms with Gasteiger partial charge < -0.3 is 15.3 Å². The quantitative estimate of drug-likeness (QED) is 0.144. The van der Waals surface area contributed by atoms with Crippen LogP contribution >= 0.6 is 11.5 Å². The number of aryl methyl sites for hydroxylation is 1. The fourth-order valence-electron chi connectivity index (χ4n) is 2.14. The van der Waals surface area contributed by atoms with Gasteiger partial charge in [-0.25, -0.2) is 9.10 Å². The van der Waals surface area contributed by atoms with E-state index in [4.69, 9.17) is 14.5 Å². The van der Waals surface area contributed by atoms with Gasteiger partial charge in [0.1, 0.15) is 6.04 Å². The first-order valence-corrected chi connectivity index (χ1v) is 9.93. The molecule has 0 radical (unpaired) electrons. The maximum absolute atomic E-state index is 12.6. The summed E-state index contributed by atoms with van der Waals surface area (Å²) >= 11 is 1.12. The normalized spacial score (nSPS) is 20.5. The average Bonchev–Trinajstić information content (AvgIpc) is 2.97. The van der Waals surface area contributed by atoms with Gasteiger partial charge in [-0.3, -0.25) is 14.1 Å². The number of hydrogen-bond donors (Lipinski definition) is 3. The molecule has 0 aliphatic carbocycles. The van der Waals surface area contributed by atoms with Gasteiger partial charge in [-0.1, -0.05) is 5.16 Å². The highest BCUT2D eigenvalue weighted by Crippen LogP contribution is 2.23. The van der Waals surface area contributed by atoms with E-state index in [9.17, 15) is 22.8 Å². The highest BCUT2D eigenvalue weighted by atomic mass is 32.2. The molecular formula is C13H18N5O8S2+. The largest absolute Gasteiger partial charge is 0.478 e. The smallest absolute Gasteiger partial charge is 0.362 e. The van der Waals surface area contributed by atoms with Gasteiger partial charge in [0, 0.05) is 5.10 Å². The first-order chi connectivity index (χ1) is 12.8. The number of β-lactam (4-membered cyclic amide) rings is 1. The zero-order chi connectivity index (χ0) is 21.4. The van der Waals surface area contributed by atoms with Crippen molar-refractivity contribution in [1.82, 2.24) is 14.7 Å². The van der Waals surface area contributed by atoms with Crippen molar-refractivity contribution in [3.8, 4) is 0 Å². The van der Waals surface area contributed by atoms with Crippen molar-refractivity contribution in [2.45, 2.75) is 38.5 Å². The van der Waals surface area contributed by atoms with Crippen LogP contribution in [0.25, 0.3) is 0 Å². The lowest BCUT2D eigenvalue weighted by Crippen LogP contribution is -2.71. The maximum Gasteiger partial charge on any atom is 0.362 e. The highest BCUT2D eigenvalue weighted by molar-refractivity contribution is 7.84. The van der Waals surface area contributed by atoms with Gasteiger partial charge >= 0.3 is 16.3 Å². The van der Waals surface area contributed by atoms with Gasteiger partial charge in [0.2, 0.25) is 5.60 Å². The lowest BCUT2D eigenvalue weighted by molar-refractivity contribution is -0.663. The number of aromatic nitrogens is 2. The van der Waals surface area contributed by atoms with E-state index in [-0.39, 0.29) is 10.00 Å². The first kappa shape index (κ1) is 21.6. The molecular weight excluding hydrogens is 418 g/mol. The number of nitrogens with one attached hydrogen (secondary N) is 1. The summed E-state index contributed by atoms with van der Waals surface area (Å²) in [6.07, 6.45) is 0. The third-order valence-corrected chi connectivity index (χ3v) is 5.50. The van der Waals surface area contributed by atoms with E-state index < -0.39 is 51.5 Å². The molecule has 2 rings (SSSR count). The molecule has 1 aromatic rings. The number of oxime groups is 1. The molecule has 154 valence electrons. The van der Waals surface area contributed by atoms with Crippen LogP contribution in [0.1, 0.15) is 26.5 Å². The molecule has 15 heteroatoms. The van der Waals surface area contributed by atoms with E-state index in [0.717, 1.165) is 11.5 Å². The molecule has 2 amide bonds. The van der Waals surface area contributed by atoms with Gasteiger partial charge in [-0.05, 0) is 24.8 Å². The Hall–Kier alpha value is -2.65. The van der Waals surface area contributed by atoms with Crippen LogP contribution in [0.15, 0.2) is 10.5 Å². The first-order valence-electron chi connectivity index (χ1n) is 7.69. The van der Waals surface area contributed by atoms with Gasteiger partial charge in [-0.15, -0.1) is 0 Å². The van der Waals surface area contributed by atoms with Crippen LogP contribution in [0.5, 0.6) is 0 Å². The van der Waals surface area contributed by atoms with E-state index in [1.165, 1.54) is 30.2 Å². The summed E-state index contributed by atoms with van der Waals surface area (Å²) in [6.45, 7) is 3.75. The zero-order valence-corrected chi connectivity index (χ0v) is 16.8. The summed E-state index contributed by atoms with van der Waals surface area (Å²) < 4.78 is 32.9. The number of carboxylic acids is 1. The van der Waals surface area contributed by atoms with Crippen LogP contribution < -0.4 is 9.39 Å². The third-order valence-electron chi connectivity index (χ3n) is 3.77. The molecule has 3 N–H and O–H groups in total. The Balaban J connectivity index is 2.26. The minimum atomic E-state index is -4.74. The number of carbonyl (C=O) groups is 3. The number of nitrogens with zero attached hydrogens (tertiary/aromatic N) is 4. The molecule has 2 atom stereocenters. The molecule has 1 aliphatic rings. The Bertz CT molecular complexity index is 954. The number of aliphatic carboxylic acids is 1. The second kappa shape index (κ2) is 7.40. The van der Waals surface area contributed by atoms with E-state index in [1.54, 1.807) is 7.05 Å². The van der Waals surface area contributed by atoms with Gasteiger partial charge in [0.25, 0.3) is 11.8 Å². The van der Waals surface area contributed by atoms with E-state index >= 15 is 0 Å². The number of amides is 2. The molecule has 0 saturated carbocycles. The Labute approximate surface area is 163 Å². The van der Waals surface area contributed by atoms with Gasteiger partial charge in [-0.2, -0.15) is 8.42 Å². The topological polar surface area (TPSA) is 179 Å². The molecule has 0 unspecified atom stereocenters. The summed E-state index contributed by atoms with van der Waals surface area (Å²) in [6, 6.07) is -2.27. The van der Waals surface area contributed by atoms with Crippen LogP contribution in [0.3, 0.4) is 0 Å². The van der Waals surface area contributed by atoms with Crippen LogP contribution in [-0.2, 0) is 36.6 Å². The van der Waals surface area contributed by atoms with Crippen molar-refractivity contribution in [3.05, 3.63) is 11.1 Å². The summed E-state index contributed by atoms with van der Waals surface area (Å²) in [5.41, 5.74) is -2.10. The van der Waals surface area contributed by atoms with Crippen LogP contribution in [0.2, 0.25) is 0 Å². The minimum absolute atomic E-state index is 0.0530. The fraction of sp³-hybridized carbons (Fsp3) is 0.538. The van der Waals surface area contributed by atoms with Crippen LogP contribution in [0.4, 0.5) is 0 Å². The van der Waals surface area contributed by atoms with Crippen molar-refractivity contribution in [1.29, 1.82) is 0 Å². The second-order valence-electron chi connectivity index (χ2n) is 6.32. The molecule has 1 aliphatic heterocycles. The number of hydrogen-bond acceptors (Lipinski definition) is 9. The SMILES string of the molecule is C[C@H]1[C@H](NC(=O)C(=NOC(C)(C)C(=O)O)c2cs[n+](C)n2)C(=O)N1S(=O)(=O)O. The van der Waals surface area contributed by atoms with Crippen molar-refractivity contribution in [2.24, 2.45) is 12.2 Å². The Morgan fingerprint density at radius 3 is 2.50 bits per heavy atom. The monoisotopic (exact) mass is 436 g/mol. The number of carboxylic acid groups (broad SMARTS) is 1. The van der Waals surface area contributed by atoms with E-state index in [0.29, 0.717) is 0 Å². The lowest BCUT2D eigenvalue weighted by atomic mass is 10.0. The molecule has 0 aromatic carbocycles. The molecule has 0 bridgehead atoms. The summed E-state index contributed by atoms with van der Waals surface area (Å²) in [4.78, 5) is 40.6. The molecule has 1 aromatic heterocycles. The number of carbonyl (C=O) groups excluding carboxylic acids is 2. The van der Waals surface area contributed by atoms with Crippen molar-refractivity contribution < 1.29 is 41.4 Å². The molecule has 13 nitrogen and oxygen atoms in total. The molecule has 2 heterocycles. The van der Waals surface area contributed by atoms with E-state index in [1.807, 2.05) is 0 Å². The van der Waals surface area contributed by atoms with Crippen LogP contribution in [0, 0.1) is 0 Å². The van der Waals surface area contributed by atoms with Gasteiger partial charge in [0.05, 0.1) is 11.4 Å². The Morgan fingerprint density at radius 1 is 1.46 bits per heavy atom. The maximum atomic E-state index is 12.6. The second-order valence-corrected chi connectivity index (χ2v) is 8.59. The predicted molar refractivity (Wildman–Crippen MR) is 92.4 cm³/mol. The number of rotatable bonds is 7. The summed E-state index contributed by atoms with van der Waals surface area (Å²) in [5, 5.41) is 20.4. The van der Waals surface area contributed by atoms with E-state index in [2.05, 4.69) is 15.6 Å². The minimum Gasteiger partial charge on any atom is -0.478 e. The predicted octanol–water partition coefficient (Wildman–Crippen LogP) is -1.93. The average molecular weight is 436 g/mol. The molecule has 28 heavy (non-hydrogen) atoms. The zero-order valence-electron chi connectivity index (χ0n) is 15.2. The Morgan fingerprint density at radius 2 is 2.07 bits per heavy atom. The van der Waals surface area contributed by atoms with Crippen molar-refractivity contribution in [3.63, 3.8) is 0 Å². The van der Waals surface area contributed by atoms with Crippen molar-refractivity contribution in [2.75, 3.05) is 0 Å². The summed E-state index contributed by atoms with van der Waals surface area (Å²) in [7, 11) is -3.15. The molecule has 0 spiro atoms. The van der Waals surface area contributed by atoms with Crippen LogP contribution in [-0.4, -0.2) is 68.7 Å². The van der Waals surface area contributed by atoms with Gasteiger partial charge in [0.15, 0.2) is 30.0 Å². The fourth-order valence-corrected chi connectivity index (χ4v) is 3.57. The summed E-state index contributed by atoms with van der Waals surface area (Å²) in [5.74, 6) is -3.29. The highest BCUT2D eigenvalue weighted by Gasteiger charge is 2.51. The molecule has 1 saturated heterocycles. The standard InChI is InChI=1S/C13H17N5O8S2/c1-6-8(11(20)18(6)28(23,24)25)14-10(19)9(7-5-27-17(4)15-7)16-26-13(2,3)12(21)22/h5-6,8H,1-4H3,(H2-,14,19,21,22,23,24,25)/p+1/t6-,8-/m0/s1.